The summed E-state index contributed by atoms with van der Waals surface area (Å²) in [4.78, 5) is 0. The molecule has 3 nitrogen and oxygen atoms in total. The molecule has 0 bridgehead atoms. The first-order valence-electron chi connectivity index (χ1n) is 5.10. The van der Waals surface area contributed by atoms with Crippen LogP contribution in [-0.4, -0.2) is 37.5 Å². The number of methoxy groups -OCH3 is 1. The van der Waals surface area contributed by atoms with Gasteiger partial charge in [-0.1, -0.05) is 0 Å². The van der Waals surface area contributed by atoms with Crippen LogP contribution in [0.2, 0.25) is 0 Å². The Morgan fingerprint density at radius 3 is 2.77 bits per heavy atom. The highest BCUT2D eigenvalue weighted by atomic mass is 16.5. The van der Waals surface area contributed by atoms with Crippen LogP contribution in [-0.2, 0) is 4.74 Å². The van der Waals surface area contributed by atoms with Gasteiger partial charge in [-0.25, -0.2) is 0 Å². The molecule has 0 amide bonds. The fraction of sp³-hybridized carbons (Fsp3) is 1.00. The highest BCUT2D eigenvalue weighted by molar-refractivity contribution is 5.06. The Hall–Kier alpha value is -0.120. The highest BCUT2D eigenvalue weighted by Crippen LogP contribution is 2.52. The summed E-state index contributed by atoms with van der Waals surface area (Å²) in [5.41, 5.74) is -0.126. The van der Waals surface area contributed by atoms with Crippen molar-refractivity contribution in [2.75, 3.05) is 26.8 Å². The number of rotatable bonds is 2. The molecular formula is C10H19NO2. The lowest BCUT2D eigenvalue weighted by molar-refractivity contribution is -0.164. The lowest BCUT2D eigenvalue weighted by Crippen LogP contribution is -2.59. The maximum Gasteiger partial charge on any atom is 0.0891 e. The van der Waals surface area contributed by atoms with Gasteiger partial charge in [-0.2, -0.15) is 0 Å². The molecule has 1 spiro atoms. The average Bonchev–Trinajstić information content (AvgIpc) is 2.03. The third-order valence-corrected chi connectivity index (χ3v) is 3.38. The van der Waals surface area contributed by atoms with Gasteiger partial charge in [-0.3, -0.25) is 0 Å². The number of nitrogens with one attached hydrogen (secondary N) is 1. The lowest BCUT2D eigenvalue weighted by atomic mass is 9.56. The topological polar surface area (TPSA) is 41.5 Å². The van der Waals surface area contributed by atoms with Gasteiger partial charge in [-0.15, -0.1) is 0 Å². The predicted molar refractivity (Wildman–Crippen MR) is 50.6 cm³/mol. The molecule has 0 aromatic carbocycles. The molecule has 1 saturated heterocycles. The zero-order valence-electron chi connectivity index (χ0n) is 8.31. The van der Waals surface area contributed by atoms with E-state index < -0.39 is 5.60 Å². The zero-order valence-corrected chi connectivity index (χ0v) is 8.31. The monoisotopic (exact) mass is 185 g/mol. The zero-order chi connectivity index (χ0) is 9.36. The molecule has 1 aliphatic carbocycles. The summed E-state index contributed by atoms with van der Waals surface area (Å²) < 4.78 is 5.01. The van der Waals surface area contributed by atoms with Gasteiger partial charge < -0.3 is 15.2 Å². The smallest absolute Gasteiger partial charge is 0.0891 e. The normalized spacial score (nSPS) is 44.8. The maximum absolute atomic E-state index is 9.97. The number of hydrogen-bond donors (Lipinski definition) is 2. The van der Waals surface area contributed by atoms with E-state index in [1.807, 2.05) is 0 Å². The Labute approximate surface area is 79.5 Å². The Bertz CT molecular complexity index is 179. The van der Waals surface area contributed by atoms with Crippen LogP contribution in [0.4, 0.5) is 0 Å². The molecule has 2 aliphatic rings. The van der Waals surface area contributed by atoms with Crippen LogP contribution in [0, 0.1) is 5.41 Å². The van der Waals surface area contributed by atoms with Crippen LogP contribution in [0.25, 0.3) is 0 Å². The molecule has 0 aromatic heterocycles. The molecule has 0 atom stereocenters. The minimum atomic E-state index is -0.520. The van der Waals surface area contributed by atoms with Crippen molar-refractivity contribution in [3.05, 3.63) is 0 Å². The molecule has 2 N–H and O–H groups in total. The number of piperidine rings is 1. The summed E-state index contributed by atoms with van der Waals surface area (Å²) in [6.45, 7) is 2.72. The van der Waals surface area contributed by atoms with Crippen LogP contribution in [0.1, 0.15) is 25.7 Å². The van der Waals surface area contributed by atoms with Gasteiger partial charge >= 0.3 is 0 Å². The van der Waals surface area contributed by atoms with Gasteiger partial charge in [0.25, 0.3) is 0 Å². The molecule has 76 valence electrons. The van der Waals surface area contributed by atoms with Crippen molar-refractivity contribution in [1.29, 1.82) is 0 Å². The first-order valence-corrected chi connectivity index (χ1v) is 5.10. The Morgan fingerprint density at radius 1 is 1.46 bits per heavy atom. The maximum atomic E-state index is 9.97. The minimum Gasteiger partial charge on any atom is -0.387 e. The lowest BCUT2D eigenvalue weighted by Gasteiger charge is -2.55. The summed E-state index contributed by atoms with van der Waals surface area (Å²) >= 11 is 0. The van der Waals surface area contributed by atoms with Crippen molar-refractivity contribution < 1.29 is 9.84 Å². The third kappa shape index (κ3) is 1.73. The van der Waals surface area contributed by atoms with E-state index >= 15 is 0 Å². The summed E-state index contributed by atoms with van der Waals surface area (Å²) in [5, 5.41) is 13.4. The quantitative estimate of drug-likeness (QED) is 0.659. The van der Waals surface area contributed by atoms with E-state index in [9.17, 15) is 5.11 Å². The van der Waals surface area contributed by atoms with Crippen LogP contribution in [0.5, 0.6) is 0 Å². The fourth-order valence-electron chi connectivity index (χ4n) is 3.05. The second-order valence-electron chi connectivity index (χ2n) is 4.79. The molecule has 0 unspecified atom stereocenters. The van der Waals surface area contributed by atoms with Crippen molar-refractivity contribution in [1.82, 2.24) is 5.32 Å². The first-order chi connectivity index (χ1) is 6.18. The van der Waals surface area contributed by atoms with Crippen molar-refractivity contribution >= 4 is 0 Å². The van der Waals surface area contributed by atoms with E-state index in [2.05, 4.69) is 5.32 Å². The first kappa shape index (κ1) is 9.44. The van der Waals surface area contributed by atoms with Gasteiger partial charge in [-0.05, 0) is 37.6 Å². The van der Waals surface area contributed by atoms with Gasteiger partial charge in [0.15, 0.2) is 0 Å². The summed E-state index contributed by atoms with van der Waals surface area (Å²) in [5.74, 6) is 0. The van der Waals surface area contributed by atoms with Crippen molar-refractivity contribution in [3.63, 3.8) is 0 Å². The second-order valence-corrected chi connectivity index (χ2v) is 4.79. The molecule has 2 rings (SSSR count). The number of aliphatic hydroxyl groups is 1. The molecule has 0 radical (unpaired) electrons. The molecule has 2 fully saturated rings. The fourth-order valence-corrected chi connectivity index (χ4v) is 3.05. The largest absolute Gasteiger partial charge is 0.387 e. The highest BCUT2D eigenvalue weighted by Gasteiger charge is 2.53. The number of ether oxygens (including phenoxy) is 1. The molecular weight excluding hydrogens is 166 g/mol. The van der Waals surface area contributed by atoms with Crippen LogP contribution in [0.15, 0.2) is 0 Å². The van der Waals surface area contributed by atoms with Crippen LogP contribution < -0.4 is 5.32 Å². The Morgan fingerprint density at radius 2 is 2.23 bits per heavy atom. The number of hydrogen-bond acceptors (Lipinski definition) is 3. The molecule has 13 heavy (non-hydrogen) atoms. The van der Waals surface area contributed by atoms with E-state index in [0.29, 0.717) is 12.0 Å². The standard InChI is InChI=1S/C10H19NO2/c1-13-8-10(12)5-9(6-10)3-2-4-11-7-9/h11-12H,2-8H2,1H3. The second kappa shape index (κ2) is 3.23. The molecule has 1 aliphatic heterocycles. The minimum absolute atomic E-state index is 0.394. The average molecular weight is 185 g/mol. The van der Waals surface area contributed by atoms with Crippen molar-refractivity contribution in [2.45, 2.75) is 31.3 Å². The van der Waals surface area contributed by atoms with E-state index in [4.69, 9.17) is 4.74 Å². The van der Waals surface area contributed by atoms with E-state index in [-0.39, 0.29) is 0 Å². The van der Waals surface area contributed by atoms with Crippen LogP contribution >= 0.6 is 0 Å². The Balaban J connectivity index is 1.87. The van der Waals surface area contributed by atoms with Gasteiger partial charge in [0.05, 0.1) is 12.2 Å². The van der Waals surface area contributed by atoms with E-state index in [0.717, 1.165) is 25.9 Å². The SMILES string of the molecule is COCC1(O)CC2(CCCNC2)C1. The van der Waals surface area contributed by atoms with Gasteiger partial charge in [0.2, 0.25) is 0 Å². The van der Waals surface area contributed by atoms with Crippen molar-refractivity contribution in [2.24, 2.45) is 5.41 Å². The molecule has 1 heterocycles. The molecule has 0 aromatic rings. The summed E-state index contributed by atoms with van der Waals surface area (Å²) in [6.07, 6.45) is 4.36. The Kier molecular flexibility index (Phi) is 2.34. The van der Waals surface area contributed by atoms with E-state index in [1.165, 1.54) is 12.8 Å². The van der Waals surface area contributed by atoms with Gasteiger partial charge in [0.1, 0.15) is 0 Å². The van der Waals surface area contributed by atoms with Gasteiger partial charge in [0, 0.05) is 13.7 Å². The summed E-state index contributed by atoms with van der Waals surface area (Å²) in [6, 6.07) is 0. The predicted octanol–water partition coefficient (Wildman–Crippen LogP) is 0.528. The third-order valence-electron chi connectivity index (χ3n) is 3.38. The van der Waals surface area contributed by atoms with E-state index in [1.54, 1.807) is 7.11 Å². The van der Waals surface area contributed by atoms with Crippen LogP contribution in [0.3, 0.4) is 0 Å². The summed E-state index contributed by atoms with van der Waals surface area (Å²) in [7, 11) is 1.65. The molecule has 3 heteroatoms. The van der Waals surface area contributed by atoms with Crippen molar-refractivity contribution in [3.8, 4) is 0 Å². The molecule has 1 saturated carbocycles.